The highest BCUT2D eigenvalue weighted by molar-refractivity contribution is 5.84. The summed E-state index contributed by atoms with van der Waals surface area (Å²) < 4.78 is 10.9. The van der Waals surface area contributed by atoms with E-state index in [0.717, 1.165) is 37.0 Å². The first-order valence-electron chi connectivity index (χ1n) is 10.2. The summed E-state index contributed by atoms with van der Waals surface area (Å²) >= 11 is 0. The van der Waals surface area contributed by atoms with E-state index in [2.05, 4.69) is 55.6 Å². The van der Waals surface area contributed by atoms with E-state index >= 15 is 0 Å². The molecule has 1 aliphatic rings. The van der Waals surface area contributed by atoms with Gasteiger partial charge in [0.2, 0.25) is 5.91 Å². The molecule has 0 saturated carbocycles. The van der Waals surface area contributed by atoms with Crippen LogP contribution in [-0.2, 0) is 16.0 Å². The van der Waals surface area contributed by atoms with Crippen LogP contribution in [0.2, 0.25) is 0 Å². The van der Waals surface area contributed by atoms with E-state index in [9.17, 15) is 4.79 Å². The maximum absolute atomic E-state index is 13.2. The summed E-state index contributed by atoms with van der Waals surface area (Å²) in [5, 5.41) is 3.22. The first-order valence-corrected chi connectivity index (χ1v) is 10.2. The van der Waals surface area contributed by atoms with E-state index in [0.29, 0.717) is 13.2 Å². The molecule has 2 aromatic carbocycles. The Morgan fingerprint density at radius 1 is 1.14 bits per heavy atom. The number of amides is 1. The van der Waals surface area contributed by atoms with Crippen LogP contribution in [0.1, 0.15) is 38.7 Å². The maximum atomic E-state index is 13.2. The fraction of sp³-hybridized carbons (Fsp3) is 0.458. The number of hydrogen-bond acceptors (Lipinski definition) is 3. The van der Waals surface area contributed by atoms with E-state index in [-0.39, 0.29) is 11.9 Å². The number of benzene rings is 2. The molecule has 1 atom stereocenters. The Hall–Kier alpha value is -2.33. The van der Waals surface area contributed by atoms with Gasteiger partial charge in [-0.3, -0.25) is 4.79 Å². The topological polar surface area (TPSA) is 47.6 Å². The number of hydrogen-bond donors (Lipinski definition) is 1. The second-order valence-electron chi connectivity index (χ2n) is 7.74. The van der Waals surface area contributed by atoms with Gasteiger partial charge in [0.1, 0.15) is 5.75 Å². The van der Waals surface area contributed by atoms with Crippen molar-refractivity contribution in [3.8, 4) is 16.9 Å². The predicted molar refractivity (Wildman–Crippen MR) is 113 cm³/mol. The van der Waals surface area contributed by atoms with Gasteiger partial charge >= 0.3 is 0 Å². The van der Waals surface area contributed by atoms with Crippen LogP contribution in [0.25, 0.3) is 11.1 Å². The Kier molecular flexibility index (Phi) is 6.74. The summed E-state index contributed by atoms with van der Waals surface area (Å²) in [4.78, 5) is 13.2. The zero-order chi connectivity index (χ0) is 20.0. The van der Waals surface area contributed by atoms with E-state index < -0.39 is 5.41 Å². The summed E-state index contributed by atoms with van der Waals surface area (Å²) in [6.07, 6.45) is 3.17. The minimum Gasteiger partial charge on any atom is -0.497 e. The average molecular weight is 382 g/mol. The van der Waals surface area contributed by atoms with Gasteiger partial charge in [-0.15, -0.1) is 0 Å². The molecule has 0 bridgehead atoms. The van der Waals surface area contributed by atoms with Gasteiger partial charge in [-0.05, 0) is 61.4 Å². The SMILES string of the molecule is CC[C@H](C)NC(=O)C1(Cc2ccccc2-c2ccc(OC)cc2)CCOCC1. The number of methoxy groups -OCH3 is 1. The minimum absolute atomic E-state index is 0.162. The van der Waals surface area contributed by atoms with Gasteiger partial charge in [0.25, 0.3) is 0 Å². The fourth-order valence-corrected chi connectivity index (χ4v) is 3.82. The van der Waals surface area contributed by atoms with Crippen LogP contribution in [0, 0.1) is 5.41 Å². The van der Waals surface area contributed by atoms with E-state index in [1.54, 1.807) is 7.11 Å². The summed E-state index contributed by atoms with van der Waals surface area (Å²) in [6, 6.07) is 16.7. The van der Waals surface area contributed by atoms with E-state index in [4.69, 9.17) is 9.47 Å². The fourth-order valence-electron chi connectivity index (χ4n) is 3.82. The Labute approximate surface area is 168 Å². The molecule has 28 heavy (non-hydrogen) atoms. The van der Waals surface area contributed by atoms with Crippen molar-refractivity contribution in [3.63, 3.8) is 0 Å². The summed E-state index contributed by atoms with van der Waals surface area (Å²) in [6.45, 7) is 5.44. The molecule has 0 radical (unpaired) electrons. The van der Waals surface area contributed by atoms with Gasteiger partial charge in [0.15, 0.2) is 0 Å². The van der Waals surface area contributed by atoms with Crippen LogP contribution in [0.4, 0.5) is 0 Å². The van der Waals surface area contributed by atoms with Crippen molar-refractivity contribution in [2.45, 2.75) is 45.6 Å². The standard InChI is InChI=1S/C24H31NO3/c1-4-18(2)25-23(26)24(13-15-28-16-14-24)17-20-7-5-6-8-22(20)19-9-11-21(27-3)12-10-19/h5-12,18H,4,13-17H2,1-3H3,(H,25,26)/t18-/m0/s1. The molecule has 1 fully saturated rings. The van der Waals surface area contributed by atoms with Crippen LogP contribution in [0.15, 0.2) is 48.5 Å². The molecule has 1 heterocycles. The minimum atomic E-state index is -0.412. The molecule has 1 N–H and O–H groups in total. The van der Waals surface area contributed by atoms with Gasteiger partial charge < -0.3 is 14.8 Å². The van der Waals surface area contributed by atoms with Crippen molar-refractivity contribution in [1.82, 2.24) is 5.32 Å². The van der Waals surface area contributed by atoms with E-state index in [1.165, 1.54) is 11.1 Å². The molecule has 0 unspecified atom stereocenters. The van der Waals surface area contributed by atoms with Gasteiger partial charge in [-0.25, -0.2) is 0 Å². The molecule has 1 saturated heterocycles. The molecular formula is C24H31NO3. The second kappa shape index (κ2) is 9.24. The lowest BCUT2D eigenvalue weighted by Gasteiger charge is -2.37. The maximum Gasteiger partial charge on any atom is 0.226 e. The molecule has 150 valence electrons. The van der Waals surface area contributed by atoms with Crippen molar-refractivity contribution in [2.75, 3.05) is 20.3 Å². The average Bonchev–Trinajstić information content (AvgIpc) is 2.74. The largest absolute Gasteiger partial charge is 0.497 e. The number of carbonyl (C=O) groups excluding carboxylic acids is 1. The molecule has 3 rings (SSSR count). The third-order valence-corrected chi connectivity index (χ3v) is 5.87. The Morgan fingerprint density at radius 2 is 1.82 bits per heavy atom. The van der Waals surface area contributed by atoms with Crippen LogP contribution in [-0.4, -0.2) is 32.3 Å². The molecule has 4 heteroatoms. The number of nitrogens with one attached hydrogen (secondary N) is 1. The third-order valence-electron chi connectivity index (χ3n) is 5.87. The normalized spacial score (nSPS) is 17.0. The van der Waals surface area contributed by atoms with Crippen LogP contribution in [0.5, 0.6) is 5.75 Å². The van der Waals surface area contributed by atoms with Gasteiger partial charge in [0, 0.05) is 19.3 Å². The molecule has 1 aliphatic heterocycles. The lowest BCUT2D eigenvalue weighted by molar-refractivity contribution is -0.137. The first kappa shape index (κ1) is 20.4. The lowest BCUT2D eigenvalue weighted by atomic mass is 9.73. The predicted octanol–water partition coefficient (Wildman–Crippen LogP) is 4.62. The Morgan fingerprint density at radius 3 is 2.46 bits per heavy atom. The zero-order valence-electron chi connectivity index (χ0n) is 17.2. The Balaban J connectivity index is 1.91. The smallest absolute Gasteiger partial charge is 0.226 e. The van der Waals surface area contributed by atoms with Crippen LogP contribution in [0.3, 0.4) is 0 Å². The summed E-state index contributed by atoms with van der Waals surface area (Å²) in [7, 11) is 1.67. The highest BCUT2D eigenvalue weighted by Gasteiger charge is 2.40. The van der Waals surface area contributed by atoms with Crippen molar-refractivity contribution in [2.24, 2.45) is 5.41 Å². The van der Waals surface area contributed by atoms with Crippen LogP contribution < -0.4 is 10.1 Å². The second-order valence-corrected chi connectivity index (χ2v) is 7.74. The van der Waals surface area contributed by atoms with Crippen molar-refractivity contribution in [1.29, 1.82) is 0 Å². The van der Waals surface area contributed by atoms with Crippen LogP contribution >= 0.6 is 0 Å². The highest BCUT2D eigenvalue weighted by atomic mass is 16.5. The van der Waals surface area contributed by atoms with Gasteiger partial charge in [0.05, 0.1) is 12.5 Å². The van der Waals surface area contributed by atoms with E-state index in [1.807, 2.05) is 12.1 Å². The molecule has 1 amide bonds. The van der Waals surface area contributed by atoms with Crippen molar-refractivity contribution >= 4 is 5.91 Å². The number of carbonyl (C=O) groups is 1. The Bertz CT molecular complexity index is 779. The molecule has 0 spiro atoms. The highest BCUT2D eigenvalue weighted by Crippen LogP contribution is 2.38. The third kappa shape index (κ3) is 4.56. The molecular weight excluding hydrogens is 350 g/mol. The number of ether oxygens (including phenoxy) is 2. The monoisotopic (exact) mass is 381 g/mol. The summed E-state index contributed by atoms with van der Waals surface area (Å²) in [5.41, 5.74) is 3.10. The van der Waals surface area contributed by atoms with Gasteiger partial charge in [-0.2, -0.15) is 0 Å². The van der Waals surface area contributed by atoms with Crippen molar-refractivity contribution in [3.05, 3.63) is 54.1 Å². The lowest BCUT2D eigenvalue weighted by Crippen LogP contribution is -2.48. The van der Waals surface area contributed by atoms with Crippen molar-refractivity contribution < 1.29 is 14.3 Å². The quantitative estimate of drug-likeness (QED) is 0.761. The zero-order valence-corrected chi connectivity index (χ0v) is 17.2. The van der Waals surface area contributed by atoms with Gasteiger partial charge in [-0.1, -0.05) is 43.3 Å². The molecule has 2 aromatic rings. The molecule has 0 aromatic heterocycles. The molecule has 0 aliphatic carbocycles. The molecule has 4 nitrogen and oxygen atoms in total. The summed E-state index contributed by atoms with van der Waals surface area (Å²) in [5.74, 6) is 1.00. The first-order chi connectivity index (χ1) is 13.6. The number of rotatable bonds is 7.